The summed E-state index contributed by atoms with van der Waals surface area (Å²) in [5.41, 5.74) is 4.42. The quantitative estimate of drug-likeness (QED) is 0.698. The first-order valence-corrected chi connectivity index (χ1v) is 9.95. The SMILES string of the molecule is CC(NC(=O)Nc1ccc(N2CCc3sccc3C2)cc1)c1ccncc1. The highest BCUT2D eigenvalue weighted by Crippen LogP contribution is 2.28. The van der Waals surface area contributed by atoms with E-state index in [0.29, 0.717) is 0 Å². The molecule has 0 fully saturated rings. The summed E-state index contributed by atoms with van der Waals surface area (Å²) in [7, 11) is 0. The molecule has 0 aliphatic carbocycles. The third-order valence-corrected chi connectivity index (χ3v) is 5.87. The number of nitrogens with zero attached hydrogens (tertiary/aromatic N) is 2. The molecule has 138 valence electrons. The van der Waals surface area contributed by atoms with Gasteiger partial charge < -0.3 is 15.5 Å². The lowest BCUT2D eigenvalue weighted by molar-refractivity contribution is 0.249. The van der Waals surface area contributed by atoms with Gasteiger partial charge in [0.2, 0.25) is 0 Å². The van der Waals surface area contributed by atoms with Crippen LogP contribution in [0, 0.1) is 0 Å². The van der Waals surface area contributed by atoms with Gasteiger partial charge in [0.1, 0.15) is 0 Å². The summed E-state index contributed by atoms with van der Waals surface area (Å²) < 4.78 is 0. The average molecular weight is 379 g/mol. The molecule has 1 aliphatic heterocycles. The molecule has 0 bridgehead atoms. The molecule has 4 rings (SSSR count). The fraction of sp³-hybridized carbons (Fsp3) is 0.238. The number of amides is 2. The van der Waals surface area contributed by atoms with Crippen LogP contribution in [0.3, 0.4) is 0 Å². The van der Waals surface area contributed by atoms with Gasteiger partial charge in [0.15, 0.2) is 0 Å². The van der Waals surface area contributed by atoms with Gasteiger partial charge in [0, 0.05) is 41.7 Å². The minimum Gasteiger partial charge on any atom is -0.367 e. The first-order chi connectivity index (χ1) is 13.2. The number of anilines is 2. The Balaban J connectivity index is 1.35. The number of pyridine rings is 1. The van der Waals surface area contributed by atoms with E-state index < -0.39 is 0 Å². The Bertz CT molecular complexity index is 907. The van der Waals surface area contributed by atoms with Crippen LogP contribution in [-0.4, -0.2) is 17.6 Å². The van der Waals surface area contributed by atoms with Crippen LogP contribution in [0.1, 0.15) is 29.0 Å². The van der Waals surface area contributed by atoms with Gasteiger partial charge in [-0.15, -0.1) is 11.3 Å². The maximum Gasteiger partial charge on any atom is 0.319 e. The molecule has 0 radical (unpaired) electrons. The Labute approximate surface area is 163 Å². The summed E-state index contributed by atoms with van der Waals surface area (Å²) in [6.07, 6.45) is 4.55. The van der Waals surface area contributed by atoms with Gasteiger partial charge in [-0.05, 0) is 72.3 Å². The molecule has 1 aliphatic rings. The Morgan fingerprint density at radius 3 is 2.70 bits per heavy atom. The average Bonchev–Trinajstić information content (AvgIpc) is 3.17. The molecular formula is C21H22N4OS. The van der Waals surface area contributed by atoms with E-state index in [0.717, 1.165) is 30.8 Å². The van der Waals surface area contributed by atoms with Crippen LogP contribution in [0.15, 0.2) is 60.2 Å². The molecule has 0 spiro atoms. The maximum atomic E-state index is 12.2. The van der Waals surface area contributed by atoms with Crippen molar-refractivity contribution in [3.8, 4) is 0 Å². The van der Waals surface area contributed by atoms with Crippen molar-refractivity contribution in [3.63, 3.8) is 0 Å². The van der Waals surface area contributed by atoms with E-state index in [-0.39, 0.29) is 12.1 Å². The van der Waals surface area contributed by atoms with Crippen molar-refractivity contribution in [1.29, 1.82) is 0 Å². The second-order valence-electron chi connectivity index (χ2n) is 6.69. The van der Waals surface area contributed by atoms with Crippen LogP contribution in [-0.2, 0) is 13.0 Å². The van der Waals surface area contributed by atoms with Crippen LogP contribution in [0.5, 0.6) is 0 Å². The van der Waals surface area contributed by atoms with Gasteiger partial charge in [0.05, 0.1) is 6.04 Å². The van der Waals surface area contributed by atoms with Crippen LogP contribution >= 0.6 is 11.3 Å². The summed E-state index contributed by atoms with van der Waals surface area (Å²) in [4.78, 5) is 20.1. The van der Waals surface area contributed by atoms with Gasteiger partial charge in [0.25, 0.3) is 0 Å². The molecule has 5 nitrogen and oxygen atoms in total. The predicted molar refractivity (Wildman–Crippen MR) is 110 cm³/mol. The van der Waals surface area contributed by atoms with E-state index in [1.165, 1.54) is 16.1 Å². The van der Waals surface area contributed by atoms with Gasteiger partial charge in [-0.25, -0.2) is 4.79 Å². The monoisotopic (exact) mass is 378 g/mol. The minimum absolute atomic E-state index is 0.0829. The van der Waals surface area contributed by atoms with E-state index in [9.17, 15) is 4.79 Å². The molecule has 0 saturated carbocycles. The van der Waals surface area contributed by atoms with Crippen molar-refractivity contribution in [2.45, 2.75) is 25.9 Å². The maximum absolute atomic E-state index is 12.2. The predicted octanol–water partition coefficient (Wildman–Crippen LogP) is 4.59. The molecule has 27 heavy (non-hydrogen) atoms. The van der Waals surface area contributed by atoms with E-state index in [4.69, 9.17) is 0 Å². The number of fused-ring (bicyclic) bond motifs is 1. The molecule has 1 unspecified atom stereocenters. The second kappa shape index (κ2) is 7.80. The normalized spacial score (nSPS) is 14.3. The molecular weight excluding hydrogens is 356 g/mol. The van der Waals surface area contributed by atoms with E-state index in [2.05, 4.69) is 44.1 Å². The molecule has 3 aromatic rings. The lowest BCUT2D eigenvalue weighted by atomic mass is 10.1. The molecule has 6 heteroatoms. The highest BCUT2D eigenvalue weighted by atomic mass is 32.1. The molecule has 2 amide bonds. The Morgan fingerprint density at radius 1 is 1.15 bits per heavy atom. The summed E-state index contributed by atoms with van der Waals surface area (Å²) in [6, 6.07) is 13.8. The number of thiophene rings is 1. The van der Waals surface area contributed by atoms with Gasteiger partial charge in [-0.1, -0.05) is 0 Å². The van der Waals surface area contributed by atoms with E-state index in [1.54, 1.807) is 12.4 Å². The van der Waals surface area contributed by atoms with Gasteiger partial charge in [-0.2, -0.15) is 0 Å². The fourth-order valence-corrected chi connectivity index (χ4v) is 4.21. The van der Waals surface area contributed by atoms with E-state index in [1.807, 2.05) is 42.5 Å². The Kier molecular flexibility index (Phi) is 5.07. The zero-order chi connectivity index (χ0) is 18.6. The summed E-state index contributed by atoms with van der Waals surface area (Å²) in [6.45, 7) is 3.94. The molecule has 3 heterocycles. The van der Waals surface area contributed by atoms with Crippen molar-refractivity contribution in [2.75, 3.05) is 16.8 Å². The van der Waals surface area contributed by atoms with Crippen LogP contribution < -0.4 is 15.5 Å². The highest BCUT2D eigenvalue weighted by Gasteiger charge is 2.17. The number of nitrogens with one attached hydrogen (secondary N) is 2. The minimum atomic E-state index is -0.215. The zero-order valence-electron chi connectivity index (χ0n) is 15.2. The van der Waals surface area contributed by atoms with Crippen molar-refractivity contribution >= 4 is 28.7 Å². The lowest BCUT2D eigenvalue weighted by Crippen LogP contribution is -2.31. The van der Waals surface area contributed by atoms with Gasteiger partial charge in [-0.3, -0.25) is 4.98 Å². The summed E-state index contributed by atoms with van der Waals surface area (Å²) in [5, 5.41) is 8.02. The zero-order valence-corrected chi connectivity index (χ0v) is 16.0. The van der Waals surface area contributed by atoms with Crippen molar-refractivity contribution in [2.24, 2.45) is 0 Å². The van der Waals surface area contributed by atoms with Crippen molar-refractivity contribution < 1.29 is 4.79 Å². The largest absolute Gasteiger partial charge is 0.367 e. The third-order valence-electron chi connectivity index (χ3n) is 4.85. The smallest absolute Gasteiger partial charge is 0.319 e. The Morgan fingerprint density at radius 2 is 1.93 bits per heavy atom. The first kappa shape index (κ1) is 17.5. The summed E-state index contributed by atoms with van der Waals surface area (Å²) >= 11 is 1.85. The third kappa shape index (κ3) is 4.11. The first-order valence-electron chi connectivity index (χ1n) is 9.07. The number of carbonyl (C=O) groups excluding carboxylic acids is 1. The number of carbonyl (C=O) groups is 1. The molecule has 0 saturated heterocycles. The Hall–Kier alpha value is -2.86. The van der Waals surface area contributed by atoms with Crippen LogP contribution in [0.4, 0.5) is 16.2 Å². The van der Waals surface area contributed by atoms with Crippen molar-refractivity contribution in [1.82, 2.24) is 10.3 Å². The van der Waals surface area contributed by atoms with Crippen LogP contribution in [0.25, 0.3) is 0 Å². The molecule has 2 N–H and O–H groups in total. The number of aromatic nitrogens is 1. The molecule has 1 atom stereocenters. The van der Waals surface area contributed by atoms with E-state index >= 15 is 0 Å². The fourth-order valence-electron chi connectivity index (χ4n) is 3.32. The standard InChI is InChI=1S/C21H22N4OS/c1-15(16-6-10-22-11-7-16)23-21(26)24-18-2-4-19(5-3-18)25-12-8-20-17(14-25)9-13-27-20/h2-7,9-11,13,15H,8,12,14H2,1H3,(H2,23,24,26). The molecule has 2 aromatic heterocycles. The molecule has 1 aromatic carbocycles. The topological polar surface area (TPSA) is 57.3 Å². The number of rotatable bonds is 4. The second-order valence-corrected chi connectivity index (χ2v) is 7.69. The number of benzene rings is 1. The van der Waals surface area contributed by atoms with Crippen LogP contribution in [0.2, 0.25) is 0 Å². The highest BCUT2D eigenvalue weighted by molar-refractivity contribution is 7.10. The van der Waals surface area contributed by atoms with Gasteiger partial charge >= 0.3 is 6.03 Å². The van der Waals surface area contributed by atoms with Crippen molar-refractivity contribution in [3.05, 3.63) is 76.2 Å². The number of hydrogen-bond acceptors (Lipinski definition) is 4. The summed E-state index contributed by atoms with van der Waals surface area (Å²) in [5.74, 6) is 0. The lowest BCUT2D eigenvalue weighted by Gasteiger charge is -2.29. The number of urea groups is 1. The number of hydrogen-bond donors (Lipinski definition) is 2.